The first-order valence-corrected chi connectivity index (χ1v) is 5.55. The Kier molecular flexibility index (Phi) is 4.57. The fraction of sp³-hybridized carbons (Fsp3) is 0.429. The summed E-state index contributed by atoms with van der Waals surface area (Å²) in [6, 6.07) is 6.96. The second kappa shape index (κ2) is 5.72. The standard InChI is InChI=1S/C14H21N/c1-5-6-10-14(15-4)13-9-7-8-11(2)12(13)3/h5,7-9,14-15H,1,6,10H2,2-4H3. The van der Waals surface area contributed by atoms with E-state index in [4.69, 9.17) is 0 Å². The van der Waals surface area contributed by atoms with Crippen LogP contribution in [-0.4, -0.2) is 7.05 Å². The van der Waals surface area contributed by atoms with Crippen LogP contribution in [0.25, 0.3) is 0 Å². The second-order valence-corrected chi connectivity index (χ2v) is 4.00. The molecule has 1 heteroatoms. The van der Waals surface area contributed by atoms with E-state index in [1.165, 1.54) is 16.7 Å². The van der Waals surface area contributed by atoms with Gasteiger partial charge in [-0.2, -0.15) is 0 Å². The minimum absolute atomic E-state index is 0.447. The van der Waals surface area contributed by atoms with Crippen LogP contribution in [0.1, 0.15) is 35.6 Å². The van der Waals surface area contributed by atoms with Gasteiger partial charge in [-0.1, -0.05) is 24.3 Å². The first kappa shape index (κ1) is 12.0. The average Bonchev–Trinajstić information content (AvgIpc) is 2.25. The predicted molar refractivity (Wildman–Crippen MR) is 67.1 cm³/mol. The maximum absolute atomic E-state index is 3.77. The van der Waals surface area contributed by atoms with E-state index in [-0.39, 0.29) is 0 Å². The summed E-state index contributed by atoms with van der Waals surface area (Å²) in [7, 11) is 2.02. The molecule has 1 rings (SSSR count). The number of hydrogen-bond donors (Lipinski definition) is 1. The molecule has 0 aliphatic heterocycles. The van der Waals surface area contributed by atoms with Crippen molar-refractivity contribution in [3.8, 4) is 0 Å². The first-order chi connectivity index (χ1) is 7.20. The van der Waals surface area contributed by atoms with Gasteiger partial charge in [0.2, 0.25) is 0 Å². The van der Waals surface area contributed by atoms with Crippen LogP contribution < -0.4 is 5.32 Å². The molecular weight excluding hydrogens is 182 g/mol. The second-order valence-electron chi connectivity index (χ2n) is 4.00. The first-order valence-electron chi connectivity index (χ1n) is 5.55. The summed E-state index contributed by atoms with van der Waals surface area (Å²) in [6.07, 6.45) is 4.15. The van der Waals surface area contributed by atoms with Gasteiger partial charge in [-0.3, -0.25) is 0 Å². The lowest BCUT2D eigenvalue weighted by molar-refractivity contribution is 0.552. The molecule has 0 aliphatic carbocycles. The minimum Gasteiger partial charge on any atom is -0.313 e. The normalized spacial score (nSPS) is 12.5. The molecule has 0 saturated carbocycles. The number of aryl methyl sites for hydroxylation is 1. The molecular formula is C14H21N. The van der Waals surface area contributed by atoms with E-state index in [9.17, 15) is 0 Å². The third-order valence-corrected chi connectivity index (χ3v) is 3.03. The van der Waals surface area contributed by atoms with Crippen molar-refractivity contribution < 1.29 is 0 Å². The fourth-order valence-corrected chi connectivity index (χ4v) is 1.89. The zero-order chi connectivity index (χ0) is 11.3. The number of allylic oxidation sites excluding steroid dienone is 1. The molecule has 0 radical (unpaired) electrons. The van der Waals surface area contributed by atoms with Crippen LogP contribution in [-0.2, 0) is 0 Å². The molecule has 0 fully saturated rings. The lowest BCUT2D eigenvalue weighted by Gasteiger charge is -2.19. The van der Waals surface area contributed by atoms with Crippen molar-refractivity contribution in [2.24, 2.45) is 0 Å². The van der Waals surface area contributed by atoms with Gasteiger partial charge >= 0.3 is 0 Å². The van der Waals surface area contributed by atoms with Crippen molar-refractivity contribution in [3.63, 3.8) is 0 Å². The summed E-state index contributed by atoms with van der Waals surface area (Å²) in [5.41, 5.74) is 4.19. The van der Waals surface area contributed by atoms with E-state index in [0.29, 0.717) is 6.04 Å². The molecule has 0 heterocycles. The molecule has 0 amide bonds. The zero-order valence-corrected chi connectivity index (χ0v) is 10.0. The molecule has 1 unspecified atom stereocenters. The Morgan fingerprint density at radius 3 is 2.73 bits per heavy atom. The Labute approximate surface area is 93.2 Å². The summed E-state index contributed by atoms with van der Waals surface area (Å²) in [6.45, 7) is 8.14. The molecule has 15 heavy (non-hydrogen) atoms. The van der Waals surface area contributed by atoms with Crippen molar-refractivity contribution in [1.29, 1.82) is 0 Å². The Balaban J connectivity index is 2.90. The maximum atomic E-state index is 3.77. The van der Waals surface area contributed by atoms with Crippen molar-refractivity contribution in [3.05, 3.63) is 47.5 Å². The highest BCUT2D eigenvalue weighted by molar-refractivity contribution is 5.35. The third-order valence-electron chi connectivity index (χ3n) is 3.03. The maximum Gasteiger partial charge on any atom is 0.0323 e. The van der Waals surface area contributed by atoms with Crippen molar-refractivity contribution in [2.45, 2.75) is 32.7 Å². The van der Waals surface area contributed by atoms with E-state index < -0.39 is 0 Å². The molecule has 1 N–H and O–H groups in total. The predicted octanol–water partition coefficient (Wildman–Crippen LogP) is 3.53. The van der Waals surface area contributed by atoms with E-state index in [1.807, 2.05) is 13.1 Å². The van der Waals surface area contributed by atoms with Crippen LogP contribution >= 0.6 is 0 Å². The molecule has 1 atom stereocenters. The van der Waals surface area contributed by atoms with Gasteiger partial charge in [-0.25, -0.2) is 0 Å². The lowest BCUT2D eigenvalue weighted by Crippen LogP contribution is -2.17. The highest BCUT2D eigenvalue weighted by Crippen LogP contribution is 2.23. The van der Waals surface area contributed by atoms with E-state index in [2.05, 4.69) is 43.9 Å². The molecule has 0 aromatic heterocycles. The van der Waals surface area contributed by atoms with Gasteiger partial charge in [-0.15, -0.1) is 6.58 Å². The molecule has 0 aliphatic rings. The summed E-state index contributed by atoms with van der Waals surface area (Å²) in [4.78, 5) is 0. The fourth-order valence-electron chi connectivity index (χ4n) is 1.89. The molecule has 0 spiro atoms. The summed E-state index contributed by atoms with van der Waals surface area (Å²) < 4.78 is 0. The molecule has 0 bridgehead atoms. The van der Waals surface area contributed by atoms with Gasteiger partial charge in [0.15, 0.2) is 0 Å². The van der Waals surface area contributed by atoms with E-state index in [0.717, 1.165) is 12.8 Å². The van der Waals surface area contributed by atoms with Crippen LogP contribution in [0.3, 0.4) is 0 Å². The van der Waals surface area contributed by atoms with Gasteiger partial charge in [0.05, 0.1) is 0 Å². The van der Waals surface area contributed by atoms with Crippen LogP contribution in [0.15, 0.2) is 30.9 Å². The highest BCUT2D eigenvalue weighted by Gasteiger charge is 2.11. The van der Waals surface area contributed by atoms with E-state index >= 15 is 0 Å². The monoisotopic (exact) mass is 203 g/mol. The molecule has 1 aromatic rings. The van der Waals surface area contributed by atoms with Gasteiger partial charge < -0.3 is 5.32 Å². The van der Waals surface area contributed by atoms with E-state index in [1.54, 1.807) is 0 Å². The number of nitrogens with one attached hydrogen (secondary N) is 1. The van der Waals surface area contributed by atoms with Crippen LogP contribution in [0, 0.1) is 13.8 Å². The van der Waals surface area contributed by atoms with Gasteiger partial charge in [0.25, 0.3) is 0 Å². The number of hydrogen-bond acceptors (Lipinski definition) is 1. The molecule has 0 saturated heterocycles. The lowest BCUT2D eigenvalue weighted by atomic mass is 9.95. The number of rotatable bonds is 5. The van der Waals surface area contributed by atoms with Gasteiger partial charge in [0, 0.05) is 6.04 Å². The van der Waals surface area contributed by atoms with Gasteiger partial charge in [-0.05, 0) is 50.4 Å². The van der Waals surface area contributed by atoms with Crippen LogP contribution in [0.4, 0.5) is 0 Å². The van der Waals surface area contributed by atoms with Crippen molar-refractivity contribution in [1.82, 2.24) is 5.32 Å². The summed E-state index contributed by atoms with van der Waals surface area (Å²) >= 11 is 0. The van der Waals surface area contributed by atoms with Crippen molar-refractivity contribution >= 4 is 0 Å². The Hall–Kier alpha value is -1.08. The quantitative estimate of drug-likeness (QED) is 0.722. The topological polar surface area (TPSA) is 12.0 Å². The Morgan fingerprint density at radius 1 is 1.40 bits per heavy atom. The largest absolute Gasteiger partial charge is 0.313 e. The smallest absolute Gasteiger partial charge is 0.0323 e. The number of benzene rings is 1. The Bertz CT molecular complexity index is 328. The third kappa shape index (κ3) is 2.93. The molecule has 82 valence electrons. The summed E-state index contributed by atoms with van der Waals surface area (Å²) in [5.74, 6) is 0. The van der Waals surface area contributed by atoms with Crippen LogP contribution in [0.5, 0.6) is 0 Å². The Morgan fingerprint density at radius 2 is 2.13 bits per heavy atom. The molecule has 1 nitrogen and oxygen atoms in total. The summed E-state index contributed by atoms with van der Waals surface area (Å²) in [5, 5.41) is 3.37. The average molecular weight is 203 g/mol. The molecule has 1 aromatic carbocycles. The minimum atomic E-state index is 0.447. The highest BCUT2D eigenvalue weighted by atomic mass is 14.9. The zero-order valence-electron chi connectivity index (χ0n) is 10.0. The van der Waals surface area contributed by atoms with Crippen molar-refractivity contribution in [2.75, 3.05) is 7.05 Å². The van der Waals surface area contributed by atoms with Gasteiger partial charge in [0.1, 0.15) is 0 Å². The SMILES string of the molecule is C=CCCC(NC)c1cccc(C)c1C. The van der Waals surface area contributed by atoms with Crippen LogP contribution in [0.2, 0.25) is 0 Å².